The average molecular weight is 323 g/mol. The van der Waals surface area contributed by atoms with Crippen molar-refractivity contribution >= 4 is 23.1 Å². The third kappa shape index (κ3) is 3.14. The van der Waals surface area contributed by atoms with E-state index in [1.165, 1.54) is 32.0 Å². The van der Waals surface area contributed by atoms with Crippen LogP contribution >= 0.6 is 0 Å². The summed E-state index contributed by atoms with van der Waals surface area (Å²) in [7, 11) is 1.52. The maximum Gasteiger partial charge on any atom is 0.271 e. The summed E-state index contributed by atoms with van der Waals surface area (Å²) in [6, 6.07) is 8.06. The normalized spacial score (nSPS) is 10.9. The van der Waals surface area contributed by atoms with E-state index in [0.29, 0.717) is 22.3 Å². The molecule has 0 atom stereocenters. The molecule has 0 saturated carbocycles. The Morgan fingerprint density at radius 2 is 2.08 bits per heavy atom. The Hall–Kier alpha value is -3.48. The quantitative estimate of drug-likeness (QED) is 0.585. The molecule has 3 aromatic rings. The van der Waals surface area contributed by atoms with Crippen molar-refractivity contribution in [1.82, 2.24) is 10.4 Å². The fourth-order valence-corrected chi connectivity index (χ4v) is 2.07. The second-order valence-electron chi connectivity index (χ2n) is 4.82. The average Bonchev–Trinajstić information content (AvgIpc) is 2.64. The number of ether oxygens (including phenoxy) is 1. The molecule has 0 aliphatic carbocycles. The van der Waals surface area contributed by atoms with Crippen molar-refractivity contribution in [2.45, 2.75) is 0 Å². The summed E-state index contributed by atoms with van der Waals surface area (Å²) in [5, 5.41) is 4.17. The second-order valence-corrected chi connectivity index (χ2v) is 4.82. The van der Waals surface area contributed by atoms with Crippen molar-refractivity contribution in [1.29, 1.82) is 0 Å². The molecule has 0 fully saturated rings. The van der Waals surface area contributed by atoms with Gasteiger partial charge in [0.1, 0.15) is 17.6 Å². The van der Waals surface area contributed by atoms with Crippen molar-refractivity contribution in [3.05, 3.63) is 70.3 Å². The number of benzene rings is 1. The molecule has 2 heterocycles. The third-order valence-corrected chi connectivity index (χ3v) is 3.32. The number of carbonyl (C=O) groups is 1. The number of methoxy groups -OCH3 is 1. The van der Waals surface area contributed by atoms with E-state index in [-0.39, 0.29) is 11.0 Å². The number of hydrogen-bond donors (Lipinski definition) is 1. The van der Waals surface area contributed by atoms with Crippen LogP contribution in [0.25, 0.3) is 11.0 Å². The molecule has 1 N–H and O–H groups in total. The summed E-state index contributed by atoms with van der Waals surface area (Å²) < 4.78 is 10.5. The summed E-state index contributed by atoms with van der Waals surface area (Å²) in [5.41, 5.74) is 3.15. The van der Waals surface area contributed by atoms with E-state index >= 15 is 0 Å². The number of hydrogen-bond acceptors (Lipinski definition) is 6. The number of hydrazone groups is 1. The van der Waals surface area contributed by atoms with E-state index in [9.17, 15) is 9.59 Å². The van der Waals surface area contributed by atoms with Gasteiger partial charge in [-0.3, -0.25) is 14.6 Å². The van der Waals surface area contributed by atoms with Gasteiger partial charge in [0, 0.05) is 18.0 Å². The van der Waals surface area contributed by atoms with Crippen LogP contribution in [0.5, 0.6) is 5.75 Å². The maximum atomic E-state index is 12.4. The number of nitrogens with one attached hydrogen (secondary N) is 1. The van der Waals surface area contributed by atoms with Crippen LogP contribution in [0.4, 0.5) is 0 Å². The highest BCUT2D eigenvalue weighted by atomic mass is 16.5. The maximum absolute atomic E-state index is 12.4. The van der Waals surface area contributed by atoms with Crippen LogP contribution < -0.4 is 15.6 Å². The molecule has 0 saturated heterocycles. The number of rotatable bonds is 4. The number of aromatic nitrogens is 1. The van der Waals surface area contributed by atoms with Gasteiger partial charge in [0.05, 0.1) is 24.3 Å². The van der Waals surface area contributed by atoms with Gasteiger partial charge >= 0.3 is 0 Å². The van der Waals surface area contributed by atoms with Gasteiger partial charge in [-0.05, 0) is 30.3 Å². The summed E-state index contributed by atoms with van der Waals surface area (Å²) in [5.74, 6) is 0.148. The Balaban J connectivity index is 1.83. The predicted molar refractivity (Wildman–Crippen MR) is 88.3 cm³/mol. The molecule has 24 heavy (non-hydrogen) atoms. The van der Waals surface area contributed by atoms with E-state index in [2.05, 4.69) is 15.5 Å². The van der Waals surface area contributed by atoms with Crippen molar-refractivity contribution < 1.29 is 13.9 Å². The number of amides is 1. The minimum absolute atomic E-state index is 0.214. The highest BCUT2D eigenvalue weighted by molar-refractivity contribution is 5.95. The van der Waals surface area contributed by atoms with E-state index in [4.69, 9.17) is 9.15 Å². The Labute approximate surface area is 136 Å². The van der Waals surface area contributed by atoms with Gasteiger partial charge in [-0.2, -0.15) is 5.10 Å². The largest absolute Gasteiger partial charge is 0.497 e. The Morgan fingerprint density at radius 1 is 1.29 bits per heavy atom. The lowest BCUT2D eigenvalue weighted by atomic mass is 10.2. The fraction of sp³-hybridized carbons (Fsp3) is 0.0588. The standard InChI is InChI=1S/C17H13N3O4/c1-23-13-2-3-15-14(8-13)16(21)12(10-24-15)9-19-20-17(22)11-4-6-18-7-5-11/h2-10H,1H3,(H,20,22)/b19-9+. The second kappa shape index (κ2) is 6.74. The molecule has 2 aromatic heterocycles. The van der Waals surface area contributed by atoms with Gasteiger partial charge in [-0.25, -0.2) is 5.43 Å². The Bertz CT molecular complexity index is 964. The van der Waals surface area contributed by atoms with E-state index in [1.807, 2.05) is 0 Å². The molecular formula is C17H13N3O4. The molecule has 0 aliphatic rings. The lowest BCUT2D eigenvalue weighted by Gasteiger charge is -2.02. The van der Waals surface area contributed by atoms with Crippen LogP contribution in [0.2, 0.25) is 0 Å². The zero-order chi connectivity index (χ0) is 16.9. The molecule has 0 radical (unpaired) electrons. The van der Waals surface area contributed by atoms with E-state index in [1.54, 1.807) is 30.3 Å². The first kappa shape index (κ1) is 15.4. The van der Waals surface area contributed by atoms with Gasteiger partial charge in [-0.15, -0.1) is 0 Å². The summed E-state index contributed by atoms with van der Waals surface area (Å²) >= 11 is 0. The zero-order valence-electron chi connectivity index (χ0n) is 12.7. The lowest BCUT2D eigenvalue weighted by molar-refractivity contribution is 0.0955. The van der Waals surface area contributed by atoms with Crippen LogP contribution in [-0.2, 0) is 0 Å². The third-order valence-electron chi connectivity index (χ3n) is 3.32. The van der Waals surface area contributed by atoms with Crippen molar-refractivity contribution in [2.24, 2.45) is 5.10 Å². The molecule has 7 nitrogen and oxygen atoms in total. The van der Waals surface area contributed by atoms with Crippen molar-refractivity contribution in [2.75, 3.05) is 7.11 Å². The van der Waals surface area contributed by atoms with Gasteiger partial charge in [0.15, 0.2) is 0 Å². The molecule has 0 unspecified atom stereocenters. The lowest BCUT2D eigenvalue weighted by Crippen LogP contribution is -2.18. The highest BCUT2D eigenvalue weighted by Crippen LogP contribution is 2.18. The smallest absolute Gasteiger partial charge is 0.271 e. The van der Waals surface area contributed by atoms with Gasteiger partial charge in [-0.1, -0.05) is 0 Å². The van der Waals surface area contributed by atoms with Crippen LogP contribution in [0.15, 0.2) is 63.3 Å². The molecular weight excluding hydrogens is 310 g/mol. The molecule has 0 bridgehead atoms. The summed E-state index contributed by atoms with van der Waals surface area (Å²) in [4.78, 5) is 28.1. The summed E-state index contributed by atoms with van der Waals surface area (Å²) in [6.07, 6.45) is 5.54. The highest BCUT2D eigenvalue weighted by Gasteiger charge is 2.07. The van der Waals surface area contributed by atoms with Gasteiger partial charge in [0.25, 0.3) is 5.91 Å². The van der Waals surface area contributed by atoms with Crippen LogP contribution in [0.1, 0.15) is 15.9 Å². The van der Waals surface area contributed by atoms with E-state index < -0.39 is 5.91 Å². The minimum atomic E-state index is -0.402. The monoisotopic (exact) mass is 323 g/mol. The van der Waals surface area contributed by atoms with Crippen molar-refractivity contribution in [3.8, 4) is 5.75 Å². The first-order valence-electron chi connectivity index (χ1n) is 7.02. The topological polar surface area (TPSA) is 93.8 Å². The number of fused-ring (bicyclic) bond motifs is 1. The van der Waals surface area contributed by atoms with Gasteiger partial charge in [0.2, 0.25) is 5.43 Å². The van der Waals surface area contributed by atoms with Crippen LogP contribution in [0.3, 0.4) is 0 Å². The molecule has 3 rings (SSSR count). The van der Waals surface area contributed by atoms with Crippen LogP contribution in [0, 0.1) is 0 Å². The summed E-state index contributed by atoms with van der Waals surface area (Å²) in [6.45, 7) is 0. The Kier molecular flexibility index (Phi) is 4.33. The number of pyridine rings is 1. The fourth-order valence-electron chi connectivity index (χ4n) is 2.07. The SMILES string of the molecule is COc1ccc2occ(/C=N/NC(=O)c3ccncc3)c(=O)c2c1. The molecule has 1 aromatic carbocycles. The molecule has 0 spiro atoms. The number of carbonyl (C=O) groups excluding carboxylic acids is 1. The first-order valence-corrected chi connectivity index (χ1v) is 7.02. The number of nitrogens with zero attached hydrogens (tertiary/aromatic N) is 2. The first-order chi connectivity index (χ1) is 11.7. The van der Waals surface area contributed by atoms with Crippen LogP contribution in [-0.4, -0.2) is 24.2 Å². The zero-order valence-corrected chi connectivity index (χ0v) is 12.7. The molecule has 1 amide bonds. The Morgan fingerprint density at radius 3 is 2.83 bits per heavy atom. The van der Waals surface area contributed by atoms with E-state index in [0.717, 1.165) is 0 Å². The molecule has 0 aliphatic heterocycles. The molecule has 7 heteroatoms. The molecule has 120 valence electrons. The minimum Gasteiger partial charge on any atom is -0.497 e. The van der Waals surface area contributed by atoms with Crippen molar-refractivity contribution in [3.63, 3.8) is 0 Å². The van der Waals surface area contributed by atoms with Gasteiger partial charge < -0.3 is 9.15 Å². The predicted octanol–water partition coefficient (Wildman–Crippen LogP) is 1.96.